The Morgan fingerprint density at radius 2 is 1.77 bits per heavy atom. The first-order valence-electron chi connectivity index (χ1n) is 12.9. The summed E-state index contributed by atoms with van der Waals surface area (Å²) >= 11 is 5.95. The van der Waals surface area contributed by atoms with Crippen LogP contribution in [0, 0.1) is 27.7 Å². The van der Waals surface area contributed by atoms with E-state index < -0.39 is 0 Å². The lowest BCUT2D eigenvalue weighted by atomic mass is 9.96. The summed E-state index contributed by atoms with van der Waals surface area (Å²) in [4.78, 5) is 18.8. The highest BCUT2D eigenvalue weighted by Crippen LogP contribution is 2.45. The number of rotatable bonds is 6. The van der Waals surface area contributed by atoms with Crippen molar-refractivity contribution >= 4 is 34.6 Å². The van der Waals surface area contributed by atoms with Crippen molar-refractivity contribution in [2.24, 2.45) is 0 Å². The molecule has 1 aliphatic heterocycles. The molecule has 4 aromatic rings. The Balaban J connectivity index is 1.70. The molecule has 2 aromatic heterocycles. The maximum absolute atomic E-state index is 11.9. The van der Waals surface area contributed by atoms with Gasteiger partial charge in [-0.05, 0) is 93.0 Å². The first kappa shape index (κ1) is 26.4. The topological polar surface area (TPSA) is 71.4 Å². The van der Waals surface area contributed by atoms with Crippen molar-refractivity contribution in [3.05, 3.63) is 101 Å². The zero-order chi connectivity index (χ0) is 27.8. The maximum atomic E-state index is 11.9. The monoisotopic (exact) mass is 539 g/mol. The minimum Gasteiger partial charge on any atom is -0.495 e. The molecule has 0 aliphatic carbocycles. The second-order valence-electron chi connectivity index (χ2n) is 9.96. The molecule has 0 spiro atoms. The van der Waals surface area contributed by atoms with Crippen molar-refractivity contribution in [2.75, 3.05) is 17.3 Å². The number of thiocarbonyl (C=S) groups is 1. The summed E-state index contributed by atoms with van der Waals surface area (Å²) in [6.07, 6.45) is 1.81. The quantitative estimate of drug-likeness (QED) is 0.282. The minimum absolute atomic E-state index is 0.173. The predicted octanol–water partition coefficient (Wildman–Crippen LogP) is 6.25. The SMILES string of the molecule is COc1ccc(N2C(=S)N[C@H](c3ccccn3)[C@@H]2c2cc(C)n(-c3c(C)cccc3C)c2C)cc1NC(C)=O. The summed E-state index contributed by atoms with van der Waals surface area (Å²) in [6.45, 7) is 10.1. The largest absolute Gasteiger partial charge is 0.495 e. The molecule has 2 aromatic carbocycles. The molecule has 0 unspecified atom stereocenters. The number of carbonyl (C=O) groups excluding carboxylic acids is 1. The third-order valence-electron chi connectivity index (χ3n) is 7.32. The van der Waals surface area contributed by atoms with E-state index in [0.29, 0.717) is 16.5 Å². The van der Waals surface area contributed by atoms with E-state index in [1.165, 1.54) is 23.7 Å². The van der Waals surface area contributed by atoms with Crippen LogP contribution in [0.1, 0.15) is 52.8 Å². The Morgan fingerprint density at radius 1 is 1.03 bits per heavy atom. The highest BCUT2D eigenvalue weighted by molar-refractivity contribution is 7.80. The number of pyridine rings is 1. The highest BCUT2D eigenvalue weighted by atomic mass is 32.1. The van der Waals surface area contributed by atoms with Gasteiger partial charge >= 0.3 is 0 Å². The molecule has 0 bridgehead atoms. The summed E-state index contributed by atoms with van der Waals surface area (Å²) in [5, 5.41) is 7.02. The van der Waals surface area contributed by atoms with E-state index in [2.05, 4.69) is 72.1 Å². The van der Waals surface area contributed by atoms with Crippen LogP contribution in [0.15, 0.2) is 66.9 Å². The molecule has 8 heteroatoms. The molecule has 39 heavy (non-hydrogen) atoms. The predicted molar refractivity (Wildman–Crippen MR) is 160 cm³/mol. The number of hydrogen-bond donors (Lipinski definition) is 2. The van der Waals surface area contributed by atoms with Crippen LogP contribution in [0.25, 0.3) is 5.69 Å². The van der Waals surface area contributed by atoms with E-state index in [1.807, 2.05) is 42.6 Å². The standard InChI is InChI=1S/C31H33N5O2S/c1-18-10-9-11-19(2)29(18)35-20(3)16-24(21(35)4)30-28(25-12-7-8-15-32-25)34-31(39)36(30)23-13-14-27(38-6)26(17-23)33-22(5)37/h7-17,28,30H,1-6H3,(H,33,37)(H,34,39)/t28-,30+/m1/s1. The van der Waals surface area contributed by atoms with Crippen LogP contribution in [-0.2, 0) is 4.79 Å². The van der Waals surface area contributed by atoms with Crippen molar-refractivity contribution < 1.29 is 9.53 Å². The molecule has 1 aliphatic rings. The van der Waals surface area contributed by atoms with Gasteiger partial charge in [0.15, 0.2) is 5.11 Å². The summed E-state index contributed by atoms with van der Waals surface area (Å²) in [7, 11) is 1.59. The van der Waals surface area contributed by atoms with Crippen molar-refractivity contribution in [3.8, 4) is 11.4 Å². The van der Waals surface area contributed by atoms with Crippen LogP contribution < -0.4 is 20.3 Å². The molecule has 2 N–H and O–H groups in total. The fourth-order valence-electron chi connectivity index (χ4n) is 5.67. The number of aromatic nitrogens is 2. The lowest BCUT2D eigenvalue weighted by Crippen LogP contribution is -2.29. The fourth-order valence-corrected chi connectivity index (χ4v) is 6.02. The number of methoxy groups -OCH3 is 1. The second-order valence-corrected chi connectivity index (χ2v) is 10.4. The maximum Gasteiger partial charge on any atom is 0.221 e. The van der Waals surface area contributed by atoms with Gasteiger partial charge in [-0.25, -0.2) is 0 Å². The molecule has 0 saturated carbocycles. The minimum atomic E-state index is -0.185. The van der Waals surface area contributed by atoms with Gasteiger partial charge in [0.2, 0.25) is 5.91 Å². The van der Waals surface area contributed by atoms with Crippen LogP contribution in [0.3, 0.4) is 0 Å². The number of para-hydroxylation sites is 1. The van der Waals surface area contributed by atoms with Crippen molar-refractivity contribution in [3.63, 3.8) is 0 Å². The Labute approximate surface area is 234 Å². The molecule has 200 valence electrons. The van der Waals surface area contributed by atoms with Gasteiger partial charge in [0.05, 0.1) is 36.3 Å². The molecule has 1 saturated heterocycles. The zero-order valence-electron chi connectivity index (χ0n) is 23.1. The van der Waals surface area contributed by atoms with Crippen molar-refractivity contribution in [2.45, 2.75) is 46.7 Å². The number of anilines is 2. The average molecular weight is 540 g/mol. The molecular weight excluding hydrogens is 506 g/mol. The van der Waals surface area contributed by atoms with Gasteiger partial charge in [-0.3, -0.25) is 9.78 Å². The normalized spacial score (nSPS) is 16.8. The van der Waals surface area contributed by atoms with E-state index in [0.717, 1.165) is 28.3 Å². The van der Waals surface area contributed by atoms with Crippen LogP contribution in [-0.4, -0.2) is 27.7 Å². The lowest BCUT2D eigenvalue weighted by molar-refractivity contribution is -0.114. The van der Waals surface area contributed by atoms with Gasteiger partial charge in [0.1, 0.15) is 5.75 Å². The molecule has 1 fully saturated rings. The second kappa shape index (κ2) is 10.5. The molecular formula is C31H33N5O2S. The van der Waals surface area contributed by atoms with Gasteiger partial charge in [0.25, 0.3) is 0 Å². The first-order chi connectivity index (χ1) is 18.7. The molecule has 2 atom stereocenters. The zero-order valence-corrected chi connectivity index (χ0v) is 23.9. The number of aryl methyl sites for hydroxylation is 3. The van der Waals surface area contributed by atoms with E-state index in [9.17, 15) is 4.79 Å². The molecule has 1 amide bonds. The summed E-state index contributed by atoms with van der Waals surface area (Å²) in [5.41, 5.74) is 9.41. The number of nitrogens with zero attached hydrogens (tertiary/aromatic N) is 3. The van der Waals surface area contributed by atoms with Gasteiger partial charge < -0.3 is 24.8 Å². The van der Waals surface area contributed by atoms with Crippen LogP contribution >= 0.6 is 12.2 Å². The summed E-state index contributed by atoms with van der Waals surface area (Å²) < 4.78 is 7.85. The third-order valence-corrected chi connectivity index (χ3v) is 7.64. The number of benzene rings is 2. The fraction of sp³-hybridized carbons (Fsp3) is 0.258. The van der Waals surface area contributed by atoms with Crippen LogP contribution in [0.2, 0.25) is 0 Å². The van der Waals surface area contributed by atoms with Crippen molar-refractivity contribution in [1.29, 1.82) is 0 Å². The summed E-state index contributed by atoms with van der Waals surface area (Å²) in [6, 6.07) is 20.0. The van der Waals surface area contributed by atoms with Gasteiger partial charge in [0, 0.05) is 30.2 Å². The number of carbonyl (C=O) groups is 1. The molecule has 5 rings (SSSR count). The van der Waals surface area contributed by atoms with E-state index in [4.69, 9.17) is 21.9 Å². The lowest BCUT2D eigenvalue weighted by Gasteiger charge is -2.29. The third kappa shape index (κ3) is 4.76. The number of amides is 1. The Hall–Kier alpha value is -4.17. The van der Waals surface area contributed by atoms with Crippen molar-refractivity contribution in [1.82, 2.24) is 14.9 Å². The number of hydrogen-bond acceptors (Lipinski definition) is 4. The number of nitrogens with one attached hydrogen (secondary N) is 2. The molecule has 3 heterocycles. The van der Waals surface area contributed by atoms with E-state index >= 15 is 0 Å². The van der Waals surface area contributed by atoms with Gasteiger partial charge in [-0.15, -0.1) is 0 Å². The van der Waals surface area contributed by atoms with E-state index in [1.54, 1.807) is 7.11 Å². The number of ether oxygens (including phenoxy) is 1. The molecule has 0 radical (unpaired) electrons. The Morgan fingerprint density at radius 3 is 2.41 bits per heavy atom. The smallest absolute Gasteiger partial charge is 0.221 e. The van der Waals surface area contributed by atoms with Crippen LogP contribution in [0.4, 0.5) is 11.4 Å². The van der Waals surface area contributed by atoms with Gasteiger partial charge in [-0.1, -0.05) is 24.3 Å². The van der Waals surface area contributed by atoms with Crippen LogP contribution in [0.5, 0.6) is 5.75 Å². The Kier molecular flexibility index (Phi) is 7.14. The van der Waals surface area contributed by atoms with E-state index in [-0.39, 0.29) is 18.0 Å². The average Bonchev–Trinajstić information content (AvgIpc) is 3.39. The molecule has 7 nitrogen and oxygen atoms in total. The first-order valence-corrected chi connectivity index (χ1v) is 13.3. The summed E-state index contributed by atoms with van der Waals surface area (Å²) in [5.74, 6) is 0.408. The highest BCUT2D eigenvalue weighted by Gasteiger charge is 2.42. The Bertz CT molecular complexity index is 1540. The van der Waals surface area contributed by atoms with Gasteiger partial charge in [-0.2, -0.15) is 0 Å².